The fourth-order valence-electron chi connectivity index (χ4n) is 1.76. The second kappa shape index (κ2) is 3.75. The van der Waals surface area contributed by atoms with Crippen molar-refractivity contribution in [3.05, 3.63) is 24.0 Å². The van der Waals surface area contributed by atoms with Crippen LogP contribution in [0.5, 0.6) is 0 Å². The van der Waals surface area contributed by atoms with Gasteiger partial charge < -0.3 is 10.3 Å². The van der Waals surface area contributed by atoms with Crippen LogP contribution in [0.4, 0.5) is 0 Å². The Morgan fingerprint density at radius 1 is 1.62 bits per heavy atom. The van der Waals surface area contributed by atoms with Crippen molar-refractivity contribution in [2.45, 2.75) is 12.8 Å². The van der Waals surface area contributed by atoms with Gasteiger partial charge in [0, 0.05) is 12.6 Å². The van der Waals surface area contributed by atoms with Crippen molar-refractivity contribution in [3.63, 3.8) is 0 Å². The van der Waals surface area contributed by atoms with Gasteiger partial charge in [0.25, 0.3) is 0 Å². The van der Waals surface area contributed by atoms with E-state index >= 15 is 0 Å². The number of ketones is 1. The second-order valence-corrected chi connectivity index (χ2v) is 3.57. The molecule has 1 unspecified atom stereocenters. The van der Waals surface area contributed by atoms with Gasteiger partial charge in [-0.15, -0.1) is 0 Å². The first kappa shape index (κ1) is 8.51. The van der Waals surface area contributed by atoms with Crippen molar-refractivity contribution < 1.29 is 4.79 Å². The minimum absolute atomic E-state index is 0.235. The number of hydrogen-bond donors (Lipinski definition) is 2. The van der Waals surface area contributed by atoms with Crippen LogP contribution in [0, 0.1) is 5.92 Å². The van der Waals surface area contributed by atoms with E-state index in [0.29, 0.717) is 12.3 Å². The first-order valence-corrected chi connectivity index (χ1v) is 4.73. The SMILES string of the molecule is O=C(CC1CCNC1)c1ccc[nH]1. The number of aromatic amines is 1. The summed E-state index contributed by atoms with van der Waals surface area (Å²) in [6, 6.07) is 3.70. The van der Waals surface area contributed by atoms with Gasteiger partial charge in [-0.05, 0) is 37.6 Å². The van der Waals surface area contributed by atoms with Crippen LogP contribution in [0.2, 0.25) is 0 Å². The molecule has 2 heterocycles. The molecular weight excluding hydrogens is 164 g/mol. The zero-order valence-corrected chi connectivity index (χ0v) is 7.55. The maximum atomic E-state index is 11.6. The molecule has 1 atom stereocenters. The van der Waals surface area contributed by atoms with E-state index in [9.17, 15) is 4.79 Å². The molecule has 1 aromatic rings. The summed E-state index contributed by atoms with van der Waals surface area (Å²) in [4.78, 5) is 14.5. The van der Waals surface area contributed by atoms with Crippen LogP contribution >= 0.6 is 0 Å². The number of Topliss-reactive ketones (excluding diaryl/α,β-unsaturated/α-hetero) is 1. The summed E-state index contributed by atoms with van der Waals surface area (Å²) in [5, 5.41) is 3.26. The molecule has 0 bridgehead atoms. The number of aromatic nitrogens is 1. The summed E-state index contributed by atoms with van der Waals surface area (Å²) in [6.45, 7) is 2.05. The van der Waals surface area contributed by atoms with Gasteiger partial charge in [-0.2, -0.15) is 0 Å². The zero-order chi connectivity index (χ0) is 9.10. The fraction of sp³-hybridized carbons (Fsp3) is 0.500. The zero-order valence-electron chi connectivity index (χ0n) is 7.55. The van der Waals surface area contributed by atoms with E-state index in [1.807, 2.05) is 12.1 Å². The molecule has 2 N–H and O–H groups in total. The molecule has 1 saturated heterocycles. The lowest BCUT2D eigenvalue weighted by molar-refractivity contribution is 0.0960. The molecule has 1 fully saturated rings. The molecule has 0 spiro atoms. The molecular formula is C10H14N2O. The van der Waals surface area contributed by atoms with Gasteiger partial charge in [0.1, 0.15) is 0 Å². The lowest BCUT2D eigenvalue weighted by Crippen LogP contribution is -2.13. The van der Waals surface area contributed by atoms with Crippen LogP contribution in [-0.2, 0) is 0 Å². The van der Waals surface area contributed by atoms with E-state index in [2.05, 4.69) is 10.3 Å². The minimum Gasteiger partial charge on any atom is -0.359 e. The van der Waals surface area contributed by atoms with Crippen molar-refractivity contribution in [2.75, 3.05) is 13.1 Å². The van der Waals surface area contributed by atoms with E-state index in [-0.39, 0.29) is 5.78 Å². The summed E-state index contributed by atoms with van der Waals surface area (Å²) in [6.07, 6.45) is 3.60. The highest BCUT2D eigenvalue weighted by atomic mass is 16.1. The predicted molar refractivity (Wildman–Crippen MR) is 50.7 cm³/mol. The van der Waals surface area contributed by atoms with Crippen molar-refractivity contribution in [1.29, 1.82) is 0 Å². The Morgan fingerprint density at radius 2 is 2.54 bits per heavy atom. The van der Waals surface area contributed by atoms with Crippen molar-refractivity contribution in [3.8, 4) is 0 Å². The molecule has 3 heteroatoms. The standard InChI is InChI=1S/C10H14N2O/c13-10(9-2-1-4-12-9)6-8-3-5-11-7-8/h1-2,4,8,11-12H,3,5-7H2. The number of H-pyrrole nitrogens is 1. The second-order valence-electron chi connectivity index (χ2n) is 3.57. The van der Waals surface area contributed by atoms with Crippen LogP contribution in [0.15, 0.2) is 18.3 Å². The molecule has 0 saturated carbocycles. The van der Waals surface area contributed by atoms with Crippen molar-refractivity contribution >= 4 is 5.78 Å². The van der Waals surface area contributed by atoms with E-state index in [4.69, 9.17) is 0 Å². The average Bonchev–Trinajstić information content (AvgIpc) is 2.74. The Morgan fingerprint density at radius 3 is 3.15 bits per heavy atom. The molecule has 1 aliphatic heterocycles. The number of rotatable bonds is 3. The fourth-order valence-corrected chi connectivity index (χ4v) is 1.76. The highest BCUT2D eigenvalue weighted by Crippen LogP contribution is 2.14. The maximum Gasteiger partial charge on any atom is 0.179 e. The minimum atomic E-state index is 0.235. The van der Waals surface area contributed by atoms with Gasteiger partial charge >= 0.3 is 0 Å². The largest absolute Gasteiger partial charge is 0.359 e. The number of hydrogen-bond acceptors (Lipinski definition) is 2. The quantitative estimate of drug-likeness (QED) is 0.683. The Kier molecular flexibility index (Phi) is 2.45. The summed E-state index contributed by atoms with van der Waals surface area (Å²) in [7, 11) is 0. The lowest BCUT2D eigenvalue weighted by Gasteiger charge is -2.04. The Hall–Kier alpha value is -1.09. The Labute approximate surface area is 77.5 Å². The van der Waals surface area contributed by atoms with Crippen molar-refractivity contribution in [2.24, 2.45) is 5.92 Å². The third-order valence-corrected chi connectivity index (χ3v) is 2.53. The van der Waals surface area contributed by atoms with Crippen LogP contribution in [0.3, 0.4) is 0 Å². The van der Waals surface area contributed by atoms with E-state index < -0.39 is 0 Å². The average molecular weight is 178 g/mol. The number of nitrogens with one attached hydrogen (secondary N) is 2. The van der Waals surface area contributed by atoms with Gasteiger partial charge in [0.2, 0.25) is 0 Å². The molecule has 0 aromatic carbocycles. The molecule has 70 valence electrons. The first-order valence-electron chi connectivity index (χ1n) is 4.73. The lowest BCUT2D eigenvalue weighted by atomic mass is 10.0. The molecule has 1 aliphatic rings. The van der Waals surface area contributed by atoms with Gasteiger partial charge in [0.15, 0.2) is 5.78 Å². The van der Waals surface area contributed by atoms with Crippen LogP contribution < -0.4 is 5.32 Å². The molecule has 0 aliphatic carbocycles. The van der Waals surface area contributed by atoms with Crippen LogP contribution in [-0.4, -0.2) is 23.9 Å². The van der Waals surface area contributed by atoms with Gasteiger partial charge in [0.05, 0.1) is 5.69 Å². The molecule has 3 nitrogen and oxygen atoms in total. The first-order chi connectivity index (χ1) is 6.36. The van der Waals surface area contributed by atoms with Gasteiger partial charge in [-0.25, -0.2) is 0 Å². The smallest absolute Gasteiger partial charge is 0.179 e. The number of carbonyl (C=O) groups excluding carboxylic acids is 1. The molecule has 0 radical (unpaired) electrons. The Balaban J connectivity index is 1.91. The third kappa shape index (κ3) is 1.98. The van der Waals surface area contributed by atoms with Crippen LogP contribution in [0.25, 0.3) is 0 Å². The summed E-state index contributed by atoms with van der Waals surface area (Å²) >= 11 is 0. The predicted octanol–water partition coefficient (Wildman–Crippen LogP) is 1.20. The van der Waals surface area contributed by atoms with Gasteiger partial charge in [-0.1, -0.05) is 0 Å². The summed E-state index contributed by atoms with van der Waals surface area (Å²) in [5.74, 6) is 0.773. The van der Waals surface area contributed by atoms with E-state index in [1.54, 1.807) is 6.20 Å². The van der Waals surface area contributed by atoms with Crippen LogP contribution in [0.1, 0.15) is 23.3 Å². The summed E-state index contributed by atoms with van der Waals surface area (Å²) in [5.41, 5.74) is 0.743. The Bertz CT molecular complexity index is 273. The highest BCUT2D eigenvalue weighted by molar-refractivity contribution is 5.94. The summed E-state index contributed by atoms with van der Waals surface area (Å²) < 4.78 is 0. The maximum absolute atomic E-state index is 11.6. The molecule has 1 aromatic heterocycles. The third-order valence-electron chi connectivity index (χ3n) is 2.53. The molecule has 13 heavy (non-hydrogen) atoms. The van der Waals surface area contributed by atoms with E-state index in [1.165, 1.54) is 0 Å². The van der Waals surface area contributed by atoms with Crippen molar-refractivity contribution in [1.82, 2.24) is 10.3 Å². The van der Waals surface area contributed by atoms with E-state index in [0.717, 1.165) is 25.2 Å². The monoisotopic (exact) mass is 178 g/mol. The normalized spacial score (nSPS) is 22.0. The topological polar surface area (TPSA) is 44.9 Å². The molecule has 2 rings (SSSR count). The number of carbonyl (C=O) groups is 1. The molecule has 0 amide bonds. The van der Waals surface area contributed by atoms with Gasteiger partial charge in [-0.3, -0.25) is 4.79 Å². The highest BCUT2D eigenvalue weighted by Gasteiger charge is 2.18.